The second-order valence-corrected chi connectivity index (χ2v) is 6.51. The number of aliphatic hydroxyl groups is 1. The van der Waals surface area contributed by atoms with Gasteiger partial charge in [-0.25, -0.2) is 4.39 Å². The summed E-state index contributed by atoms with van der Waals surface area (Å²) < 4.78 is 20.4. The van der Waals surface area contributed by atoms with Crippen LogP contribution < -0.4 is 10.1 Å². The molecule has 1 heterocycles. The first kappa shape index (κ1) is 17.5. The van der Waals surface area contributed by atoms with E-state index in [-0.39, 0.29) is 24.9 Å². The van der Waals surface area contributed by atoms with Crippen molar-refractivity contribution in [2.24, 2.45) is 0 Å². The third kappa shape index (κ3) is 4.20. The van der Waals surface area contributed by atoms with Gasteiger partial charge >= 0.3 is 0 Å². The van der Waals surface area contributed by atoms with Crippen molar-refractivity contribution in [1.29, 1.82) is 0 Å². The van der Waals surface area contributed by atoms with E-state index in [4.69, 9.17) is 4.74 Å². The predicted molar refractivity (Wildman–Crippen MR) is 92.4 cm³/mol. The van der Waals surface area contributed by atoms with Crippen LogP contribution in [0.5, 0.6) is 5.75 Å². The summed E-state index contributed by atoms with van der Waals surface area (Å²) >= 11 is 0. The number of aryl methyl sites for hydroxylation is 1. The Morgan fingerprint density at radius 3 is 2.68 bits per heavy atom. The van der Waals surface area contributed by atoms with Crippen LogP contribution >= 0.6 is 0 Å². The van der Waals surface area contributed by atoms with Crippen molar-refractivity contribution < 1.29 is 19.0 Å². The zero-order valence-electron chi connectivity index (χ0n) is 14.5. The van der Waals surface area contributed by atoms with E-state index in [1.807, 2.05) is 19.9 Å². The highest BCUT2D eigenvalue weighted by Crippen LogP contribution is 2.38. The maximum absolute atomic E-state index is 12.8. The standard InChI is InChI=1S/C19H23FN2O3/c1-12-9-18(13(2)22(12)15-5-6-15)19(24)21-10-16(23)11-25-17-7-3-14(20)4-8-17/h3-4,7-9,15-16,23H,5-6,10-11H2,1-2H3,(H,21,24)/t16-/m1/s1. The number of halogens is 1. The molecule has 5 nitrogen and oxygen atoms in total. The highest BCUT2D eigenvalue weighted by Gasteiger charge is 2.28. The lowest BCUT2D eigenvalue weighted by atomic mass is 10.2. The number of nitrogens with zero attached hydrogens (tertiary/aromatic N) is 1. The van der Waals surface area contributed by atoms with E-state index >= 15 is 0 Å². The van der Waals surface area contributed by atoms with Gasteiger partial charge < -0.3 is 19.7 Å². The minimum Gasteiger partial charge on any atom is -0.491 e. The zero-order chi connectivity index (χ0) is 18.0. The Morgan fingerprint density at radius 2 is 2.04 bits per heavy atom. The summed E-state index contributed by atoms with van der Waals surface area (Å²) in [5.41, 5.74) is 2.70. The number of carbonyl (C=O) groups excluding carboxylic acids is 1. The Bertz CT molecular complexity index is 751. The summed E-state index contributed by atoms with van der Waals surface area (Å²) in [4.78, 5) is 12.4. The van der Waals surface area contributed by atoms with Gasteiger partial charge in [0.25, 0.3) is 5.91 Å². The SMILES string of the molecule is Cc1cc(C(=O)NC[C@@H](O)COc2ccc(F)cc2)c(C)n1C1CC1. The molecule has 1 aromatic heterocycles. The molecule has 2 aromatic rings. The van der Waals surface area contributed by atoms with Crippen LogP contribution in [0.3, 0.4) is 0 Å². The Labute approximate surface area is 146 Å². The van der Waals surface area contributed by atoms with Crippen LogP contribution in [0.15, 0.2) is 30.3 Å². The summed E-state index contributed by atoms with van der Waals surface area (Å²) in [5.74, 6) is -0.0652. The minimum absolute atomic E-state index is 0.0208. The quantitative estimate of drug-likeness (QED) is 0.810. The largest absolute Gasteiger partial charge is 0.491 e. The van der Waals surface area contributed by atoms with Crippen LogP contribution in [0.4, 0.5) is 4.39 Å². The first-order chi connectivity index (χ1) is 12.0. The Hall–Kier alpha value is -2.34. The highest BCUT2D eigenvalue weighted by molar-refractivity contribution is 5.95. The van der Waals surface area contributed by atoms with Crippen LogP contribution in [0.25, 0.3) is 0 Å². The topological polar surface area (TPSA) is 63.5 Å². The number of nitrogens with one attached hydrogen (secondary N) is 1. The predicted octanol–water partition coefficient (Wildman–Crippen LogP) is 2.75. The molecule has 2 N–H and O–H groups in total. The lowest BCUT2D eigenvalue weighted by Crippen LogP contribution is -2.35. The maximum atomic E-state index is 12.8. The summed E-state index contributed by atoms with van der Waals surface area (Å²) in [7, 11) is 0. The van der Waals surface area contributed by atoms with Gasteiger partial charge in [-0.2, -0.15) is 0 Å². The number of rotatable bonds is 7. The average molecular weight is 346 g/mol. The van der Waals surface area contributed by atoms with E-state index in [1.165, 1.54) is 24.3 Å². The van der Waals surface area contributed by atoms with E-state index in [2.05, 4.69) is 9.88 Å². The van der Waals surface area contributed by atoms with Crippen molar-refractivity contribution in [2.45, 2.75) is 38.8 Å². The fourth-order valence-corrected chi connectivity index (χ4v) is 2.99. The van der Waals surface area contributed by atoms with Crippen LogP contribution in [-0.4, -0.2) is 34.8 Å². The van der Waals surface area contributed by atoms with Gasteiger partial charge in [0.15, 0.2) is 0 Å². The molecule has 0 unspecified atom stereocenters. The third-order valence-corrected chi connectivity index (χ3v) is 4.40. The molecule has 0 bridgehead atoms. The van der Waals surface area contributed by atoms with Gasteiger partial charge in [-0.05, 0) is 57.0 Å². The van der Waals surface area contributed by atoms with Crippen molar-refractivity contribution in [3.63, 3.8) is 0 Å². The van der Waals surface area contributed by atoms with Gasteiger partial charge in [-0.1, -0.05) is 0 Å². The van der Waals surface area contributed by atoms with E-state index in [9.17, 15) is 14.3 Å². The molecule has 0 spiro atoms. The average Bonchev–Trinajstić information content (AvgIpc) is 3.37. The van der Waals surface area contributed by atoms with E-state index in [0.29, 0.717) is 17.4 Å². The molecule has 1 saturated carbocycles. The van der Waals surface area contributed by atoms with Crippen molar-refractivity contribution in [3.05, 3.63) is 53.1 Å². The first-order valence-corrected chi connectivity index (χ1v) is 8.48. The molecule has 0 saturated heterocycles. The molecule has 6 heteroatoms. The van der Waals surface area contributed by atoms with Crippen LogP contribution in [0.1, 0.15) is 40.6 Å². The number of carbonyl (C=O) groups is 1. The highest BCUT2D eigenvalue weighted by atomic mass is 19.1. The molecular weight excluding hydrogens is 323 g/mol. The summed E-state index contributed by atoms with van der Waals surface area (Å²) in [6, 6.07) is 7.99. The zero-order valence-corrected chi connectivity index (χ0v) is 14.5. The molecule has 1 aromatic carbocycles. The third-order valence-electron chi connectivity index (χ3n) is 4.40. The molecular formula is C19H23FN2O3. The van der Waals surface area contributed by atoms with Gasteiger partial charge in [-0.15, -0.1) is 0 Å². The Morgan fingerprint density at radius 1 is 1.36 bits per heavy atom. The Kier molecular flexibility index (Phi) is 5.08. The monoisotopic (exact) mass is 346 g/mol. The number of hydrogen-bond donors (Lipinski definition) is 2. The fraction of sp³-hybridized carbons (Fsp3) is 0.421. The molecule has 1 amide bonds. The molecule has 0 aliphatic heterocycles. The second kappa shape index (κ2) is 7.27. The van der Waals surface area contributed by atoms with E-state index in [1.54, 1.807) is 0 Å². The lowest BCUT2D eigenvalue weighted by Gasteiger charge is -2.13. The first-order valence-electron chi connectivity index (χ1n) is 8.48. The summed E-state index contributed by atoms with van der Waals surface area (Å²) in [6.07, 6.45) is 1.48. The molecule has 3 rings (SSSR count). The number of aromatic nitrogens is 1. The van der Waals surface area contributed by atoms with Gasteiger partial charge in [0, 0.05) is 24.0 Å². The molecule has 134 valence electrons. The van der Waals surface area contributed by atoms with E-state index < -0.39 is 6.10 Å². The van der Waals surface area contributed by atoms with Gasteiger partial charge in [-0.3, -0.25) is 4.79 Å². The van der Waals surface area contributed by atoms with Gasteiger partial charge in [0.1, 0.15) is 24.3 Å². The lowest BCUT2D eigenvalue weighted by molar-refractivity contribution is 0.0843. The summed E-state index contributed by atoms with van der Waals surface area (Å²) in [5, 5.41) is 12.7. The van der Waals surface area contributed by atoms with Crippen molar-refractivity contribution in [3.8, 4) is 5.75 Å². The number of amides is 1. The molecule has 1 aliphatic carbocycles. The fourth-order valence-electron chi connectivity index (χ4n) is 2.99. The molecule has 1 atom stereocenters. The summed E-state index contributed by atoms with van der Waals surface area (Å²) in [6.45, 7) is 4.07. The molecule has 1 fully saturated rings. The smallest absolute Gasteiger partial charge is 0.253 e. The van der Waals surface area contributed by atoms with Crippen LogP contribution in [0, 0.1) is 19.7 Å². The molecule has 0 radical (unpaired) electrons. The van der Waals surface area contributed by atoms with Crippen molar-refractivity contribution in [1.82, 2.24) is 9.88 Å². The number of hydrogen-bond acceptors (Lipinski definition) is 3. The van der Waals surface area contributed by atoms with Crippen LogP contribution in [-0.2, 0) is 0 Å². The minimum atomic E-state index is -0.846. The second-order valence-electron chi connectivity index (χ2n) is 6.51. The number of aliphatic hydroxyl groups excluding tert-OH is 1. The van der Waals surface area contributed by atoms with Gasteiger partial charge in [0.2, 0.25) is 0 Å². The normalized spacial score (nSPS) is 15.0. The molecule has 25 heavy (non-hydrogen) atoms. The van der Waals surface area contributed by atoms with Crippen molar-refractivity contribution >= 4 is 5.91 Å². The van der Waals surface area contributed by atoms with Crippen molar-refractivity contribution in [2.75, 3.05) is 13.2 Å². The maximum Gasteiger partial charge on any atom is 0.253 e. The van der Waals surface area contributed by atoms with Gasteiger partial charge in [0.05, 0.1) is 5.56 Å². The number of ether oxygens (including phenoxy) is 1. The number of benzene rings is 1. The van der Waals surface area contributed by atoms with Crippen LogP contribution in [0.2, 0.25) is 0 Å². The van der Waals surface area contributed by atoms with E-state index in [0.717, 1.165) is 24.2 Å². The molecule has 1 aliphatic rings. The Balaban J connectivity index is 1.50.